The number of hydrogen-bond acceptors (Lipinski definition) is 3. The third-order valence-electron chi connectivity index (χ3n) is 3.18. The average molecular weight is 329 g/mol. The van der Waals surface area contributed by atoms with E-state index in [1.165, 1.54) is 5.56 Å². The van der Waals surface area contributed by atoms with Gasteiger partial charge in [0, 0.05) is 10.9 Å². The summed E-state index contributed by atoms with van der Waals surface area (Å²) < 4.78 is 0. The molecule has 0 bridgehead atoms. The van der Waals surface area contributed by atoms with Crippen LogP contribution in [0.3, 0.4) is 0 Å². The fraction of sp³-hybridized carbons (Fsp3) is 0.133. The minimum absolute atomic E-state index is 0.685. The van der Waals surface area contributed by atoms with Gasteiger partial charge in [0.25, 0.3) is 0 Å². The normalized spacial score (nSPS) is 10.7. The number of H-pyrrole nitrogens is 1. The second kappa shape index (κ2) is 5.96. The molecule has 1 N–H and O–H groups in total. The summed E-state index contributed by atoms with van der Waals surface area (Å²) in [6.45, 7) is 0. The largest absolute Gasteiger partial charge is 0.239 e. The minimum Gasteiger partial charge on any atom is -0.239 e. The highest BCUT2D eigenvalue weighted by atomic mass is 79.9. The first-order valence-electron chi connectivity index (χ1n) is 6.37. The SMILES string of the molecule is BrCCc1ccc(-c2ccccc2-c2nnn[nH]2)cc1. The Labute approximate surface area is 125 Å². The topological polar surface area (TPSA) is 54.5 Å². The number of nitrogens with zero attached hydrogens (tertiary/aromatic N) is 3. The Morgan fingerprint density at radius 2 is 1.70 bits per heavy atom. The summed E-state index contributed by atoms with van der Waals surface area (Å²) in [4.78, 5) is 0. The van der Waals surface area contributed by atoms with E-state index in [4.69, 9.17) is 0 Å². The number of rotatable bonds is 4. The first kappa shape index (κ1) is 13.0. The van der Waals surface area contributed by atoms with Crippen LogP contribution in [0.15, 0.2) is 48.5 Å². The van der Waals surface area contributed by atoms with E-state index in [-0.39, 0.29) is 0 Å². The predicted molar refractivity (Wildman–Crippen MR) is 82.5 cm³/mol. The molecule has 1 heterocycles. The zero-order chi connectivity index (χ0) is 13.8. The maximum Gasteiger partial charge on any atom is 0.180 e. The van der Waals surface area contributed by atoms with Crippen molar-refractivity contribution in [3.05, 3.63) is 54.1 Å². The molecule has 100 valence electrons. The van der Waals surface area contributed by atoms with Crippen LogP contribution < -0.4 is 0 Å². The molecule has 0 unspecified atom stereocenters. The van der Waals surface area contributed by atoms with E-state index in [2.05, 4.69) is 66.9 Å². The molecule has 0 spiro atoms. The quantitative estimate of drug-likeness (QED) is 0.746. The van der Waals surface area contributed by atoms with Gasteiger partial charge in [-0.05, 0) is 33.5 Å². The van der Waals surface area contributed by atoms with Gasteiger partial charge in [0.15, 0.2) is 5.82 Å². The van der Waals surface area contributed by atoms with Gasteiger partial charge in [-0.15, -0.1) is 5.10 Å². The molecule has 0 radical (unpaired) electrons. The second-order valence-corrected chi connectivity index (χ2v) is 5.22. The van der Waals surface area contributed by atoms with Crippen molar-refractivity contribution in [3.63, 3.8) is 0 Å². The molecule has 5 heteroatoms. The maximum atomic E-state index is 4.00. The van der Waals surface area contributed by atoms with Crippen molar-refractivity contribution in [1.82, 2.24) is 20.6 Å². The summed E-state index contributed by atoms with van der Waals surface area (Å²) in [5.41, 5.74) is 4.61. The van der Waals surface area contributed by atoms with Crippen molar-refractivity contribution in [2.45, 2.75) is 6.42 Å². The molecule has 0 aliphatic rings. The number of nitrogens with one attached hydrogen (secondary N) is 1. The van der Waals surface area contributed by atoms with Gasteiger partial charge < -0.3 is 0 Å². The minimum atomic E-state index is 0.685. The molecule has 2 aromatic carbocycles. The van der Waals surface area contributed by atoms with Gasteiger partial charge >= 0.3 is 0 Å². The highest BCUT2D eigenvalue weighted by Crippen LogP contribution is 2.29. The Morgan fingerprint density at radius 1 is 0.950 bits per heavy atom. The molecule has 4 nitrogen and oxygen atoms in total. The molecule has 1 aromatic heterocycles. The lowest BCUT2D eigenvalue weighted by atomic mass is 9.98. The zero-order valence-corrected chi connectivity index (χ0v) is 12.3. The highest BCUT2D eigenvalue weighted by molar-refractivity contribution is 9.09. The van der Waals surface area contributed by atoms with E-state index < -0.39 is 0 Å². The van der Waals surface area contributed by atoms with Gasteiger partial charge in [-0.3, -0.25) is 0 Å². The fourth-order valence-corrected chi connectivity index (χ4v) is 2.63. The van der Waals surface area contributed by atoms with Crippen molar-refractivity contribution in [1.29, 1.82) is 0 Å². The first-order chi connectivity index (χ1) is 9.88. The molecule has 3 aromatic rings. The zero-order valence-electron chi connectivity index (χ0n) is 10.8. The monoisotopic (exact) mass is 328 g/mol. The Hall–Kier alpha value is -2.01. The molecule has 0 aliphatic carbocycles. The van der Waals surface area contributed by atoms with Crippen molar-refractivity contribution in [2.24, 2.45) is 0 Å². The fourth-order valence-electron chi connectivity index (χ4n) is 2.17. The third-order valence-corrected chi connectivity index (χ3v) is 3.57. The molecule has 20 heavy (non-hydrogen) atoms. The predicted octanol–water partition coefficient (Wildman–Crippen LogP) is 3.47. The van der Waals surface area contributed by atoms with E-state index in [9.17, 15) is 0 Å². The van der Waals surface area contributed by atoms with Gasteiger partial charge in [-0.25, -0.2) is 5.10 Å². The van der Waals surface area contributed by atoms with E-state index in [0.717, 1.165) is 28.4 Å². The van der Waals surface area contributed by atoms with Crippen LogP contribution in [0.1, 0.15) is 5.56 Å². The molecule has 3 rings (SSSR count). The van der Waals surface area contributed by atoms with Crippen LogP contribution in [0.4, 0.5) is 0 Å². The summed E-state index contributed by atoms with van der Waals surface area (Å²) in [5.74, 6) is 0.685. The van der Waals surface area contributed by atoms with Crippen LogP contribution in [0, 0.1) is 0 Å². The summed E-state index contributed by atoms with van der Waals surface area (Å²) in [7, 11) is 0. The van der Waals surface area contributed by atoms with Gasteiger partial charge in [-0.2, -0.15) is 0 Å². The van der Waals surface area contributed by atoms with Crippen LogP contribution in [-0.2, 0) is 6.42 Å². The molecular weight excluding hydrogens is 316 g/mol. The third kappa shape index (κ3) is 2.63. The summed E-state index contributed by atoms with van der Waals surface area (Å²) >= 11 is 3.46. The Bertz CT molecular complexity index is 677. The highest BCUT2D eigenvalue weighted by Gasteiger charge is 2.09. The van der Waals surface area contributed by atoms with Gasteiger partial charge in [-0.1, -0.05) is 64.5 Å². The smallest absolute Gasteiger partial charge is 0.180 e. The van der Waals surface area contributed by atoms with Gasteiger partial charge in [0.05, 0.1) is 0 Å². The molecule has 0 fully saturated rings. The van der Waals surface area contributed by atoms with Crippen molar-refractivity contribution < 1.29 is 0 Å². The number of benzene rings is 2. The van der Waals surface area contributed by atoms with Crippen molar-refractivity contribution in [3.8, 4) is 22.5 Å². The standard InChI is InChI=1S/C15H13BrN4/c16-10-9-11-5-7-12(8-6-11)13-3-1-2-4-14(13)15-17-19-20-18-15/h1-8H,9-10H2,(H,17,18,19,20). The van der Waals surface area contributed by atoms with Crippen LogP contribution in [0.2, 0.25) is 0 Å². The summed E-state index contributed by atoms with van der Waals surface area (Å²) in [5, 5.41) is 15.1. The Balaban J connectivity index is 2.02. The molecule has 0 saturated carbocycles. The van der Waals surface area contributed by atoms with E-state index >= 15 is 0 Å². The number of aromatic nitrogens is 4. The number of halogens is 1. The lowest BCUT2D eigenvalue weighted by Gasteiger charge is -2.08. The lowest BCUT2D eigenvalue weighted by molar-refractivity contribution is 0.881. The number of aryl methyl sites for hydroxylation is 1. The molecule has 0 amide bonds. The average Bonchev–Trinajstić information content (AvgIpc) is 3.03. The van der Waals surface area contributed by atoms with Crippen LogP contribution >= 0.6 is 15.9 Å². The van der Waals surface area contributed by atoms with Crippen molar-refractivity contribution in [2.75, 3.05) is 5.33 Å². The Morgan fingerprint density at radius 3 is 2.35 bits per heavy atom. The number of alkyl halides is 1. The molecular formula is C15H13BrN4. The van der Waals surface area contributed by atoms with E-state index in [1.807, 2.05) is 18.2 Å². The molecule has 0 saturated heterocycles. The van der Waals surface area contributed by atoms with Gasteiger partial charge in [0.1, 0.15) is 0 Å². The van der Waals surface area contributed by atoms with Crippen molar-refractivity contribution >= 4 is 15.9 Å². The first-order valence-corrected chi connectivity index (χ1v) is 7.49. The number of hydrogen-bond donors (Lipinski definition) is 1. The lowest BCUT2D eigenvalue weighted by Crippen LogP contribution is -1.89. The van der Waals surface area contributed by atoms with E-state index in [1.54, 1.807) is 0 Å². The molecule has 0 atom stereocenters. The number of aromatic amines is 1. The number of tetrazole rings is 1. The van der Waals surface area contributed by atoms with Crippen LogP contribution in [-0.4, -0.2) is 26.0 Å². The van der Waals surface area contributed by atoms with Crippen LogP contribution in [0.25, 0.3) is 22.5 Å². The van der Waals surface area contributed by atoms with Crippen LogP contribution in [0.5, 0.6) is 0 Å². The molecule has 0 aliphatic heterocycles. The summed E-state index contributed by atoms with van der Waals surface area (Å²) in [6.07, 6.45) is 1.04. The summed E-state index contributed by atoms with van der Waals surface area (Å²) in [6, 6.07) is 16.7. The second-order valence-electron chi connectivity index (χ2n) is 4.43. The van der Waals surface area contributed by atoms with Gasteiger partial charge in [0.2, 0.25) is 0 Å². The van der Waals surface area contributed by atoms with E-state index in [0.29, 0.717) is 5.82 Å². The Kier molecular flexibility index (Phi) is 3.87. The maximum absolute atomic E-state index is 4.00.